The fourth-order valence-corrected chi connectivity index (χ4v) is 9.26. The number of hydrogen-bond donors (Lipinski definition) is 2. The van der Waals surface area contributed by atoms with Crippen molar-refractivity contribution in [2.24, 2.45) is 11.8 Å². The van der Waals surface area contributed by atoms with Gasteiger partial charge >= 0.3 is 0 Å². The molecule has 2 heterocycles. The minimum Gasteiger partial charge on any atom is -0.351 e. The molecule has 2 aliphatic carbocycles. The molecule has 2 N–H and O–H groups in total. The van der Waals surface area contributed by atoms with E-state index < -0.39 is 12.1 Å². The van der Waals surface area contributed by atoms with Crippen LogP contribution in [0, 0.1) is 11.8 Å². The summed E-state index contributed by atoms with van der Waals surface area (Å²) in [5.74, 6) is 3.46. The summed E-state index contributed by atoms with van der Waals surface area (Å²) < 4.78 is 0. The fourth-order valence-electron chi connectivity index (χ4n) is 6.82. The van der Waals surface area contributed by atoms with Crippen LogP contribution in [0.2, 0.25) is 0 Å². The summed E-state index contributed by atoms with van der Waals surface area (Å²) in [4.78, 5) is 44.6. The molecule has 4 fully saturated rings. The molecule has 1 aromatic rings. The Morgan fingerprint density at radius 1 is 0.927 bits per heavy atom. The van der Waals surface area contributed by atoms with E-state index in [0.29, 0.717) is 23.3 Å². The largest absolute Gasteiger partial charge is 0.351 e. The lowest BCUT2D eigenvalue weighted by Gasteiger charge is -2.33. The number of thioether (sulfide) groups is 2. The van der Waals surface area contributed by atoms with Crippen molar-refractivity contribution in [2.45, 2.75) is 95.3 Å². The third-order valence-corrected chi connectivity index (χ3v) is 11.6. The Morgan fingerprint density at radius 2 is 1.63 bits per heavy atom. The van der Waals surface area contributed by atoms with Gasteiger partial charge in [-0.05, 0) is 55.8 Å². The third kappa shape index (κ3) is 8.90. The first-order valence-corrected chi connectivity index (χ1v) is 18.2. The molecule has 1 aromatic carbocycles. The zero-order valence-electron chi connectivity index (χ0n) is 24.4. The van der Waals surface area contributed by atoms with Gasteiger partial charge in [0.2, 0.25) is 17.7 Å². The van der Waals surface area contributed by atoms with Gasteiger partial charge in [-0.1, -0.05) is 62.4 Å². The highest BCUT2D eigenvalue weighted by molar-refractivity contribution is 7.99. The number of rotatable bonds is 11. The highest BCUT2D eigenvalue weighted by Gasteiger charge is 2.39. The molecule has 0 aromatic heterocycles. The summed E-state index contributed by atoms with van der Waals surface area (Å²) in [6.45, 7) is 2.84. The van der Waals surface area contributed by atoms with Crippen molar-refractivity contribution in [3.8, 4) is 0 Å². The van der Waals surface area contributed by atoms with Gasteiger partial charge in [-0.2, -0.15) is 11.8 Å². The maximum Gasteiger partial charge on any atom is 0.244 e. The second-order valence-electron chi connectivity index (χ2n) is 12.5. The first-order valence-electron chi connectivity index (χ1n) is 15.9. The molecule has 0 spiro atoms. The van der Waals surface area contributed by atoms with Crippen LogP contribution in [-0.2, 0) is 20.9 Å². The predicted molar refractivity (Wildman–Crippen MR) is 169 cm³/mol. The normalized spacial score (nSPS) is 23.9. The molecule has 4 aliphatic rings. The molecule has 3 amide bonds. The number of carbonyl (C=O) groups excluding carboxylic acids is 3. The smallest absolute Gasteiger partial charge is 0.244 e. The van der Waals surface area contributed by atoms with Crippen LogP contribution in [0.3, 0.4) is 0 Å². The topological polar surface area (TPSA) is 81.8 Å². The Labute approximate surface area is 254 Å². The van der Waals surface area contributed by atoms with Gasteiger partial charge < -0.3 is 15.5 Å². The van der Waals surface area contributed by atoms with Crippen LogP contribution in [0.4, 0.5) is 0 Å². The standard InChI is InChI=1S/C32H48N4O3S2/c37-30(33-27-15-17-35(18-16-27)19-24-9-3-1-4-10-24)28(21-40-20-25-11-5-2-6-12-25)34-31(38)29-22-41-23-36(29)32(39)26-13-7-8-14-26/h1,3-4,9-10,25-29H,2,5-8,11-23H2,(H,33,37)(H,34,38)/t28-,29-/m0/s1. The van der Waals surface area contributed by atoms with Crippen LogP contribution < -0.4 is 10.6 Å². The first-order chi connectivity index (χ1) is 20.1. The van der Waals surface area contributed by atoms with E-state index in [4.69, 9.17) is 0 Å². The molecule has 9 heteroatoms. The van der Waals surface area contributed by atoms with Crippen LogP contribution >= 0.6 is 23.5 Å². The Hall–Kier alpha value is -1.71. The highest BCUT2D eigenvalue weighted by Crippen LogP contribution is 2.31. The van der Waals surface area contributed by atoms with Crippen LogP contribution in [0.1, 0.15) is 76.2 Å². The summed E-state index contributed by atoms with van der Waals surface area (Å²) in [6.07, 6.45) is 12.4. The number of hydrogen-bond acceptors (Lipinski definition) is 6. The number of likely N-dealkylation sites (tertiary alicyclic amines) is 1. The maximum atomic E-state index is 13.6. The zero-order chi connectivity index (χ0) is 28.4. The van der Waals surface area contributed by atoms with Gasteiger partial charge in [-0.15, -0.1) is 11.8 Å². The second kappa shape index (κ2) is 15.7. The van der Waals surface area contributed by atoms with E-state index in [1.54, 1.807) is 28.4 Å². The van der Waals surface area contributed by atoms with E-state index in [2.05, 4.69) is 39.8 Å². The van der Waals surface area contributed by atoms with Crippen molar-refractivity contribution in [1.82, 2.24) is 20.4 Å². The van der Waals surface area contributed by atoms with Gasteiger partial charge in [0.05, 0.1) is 5.88 Å². The van der Waals surface area contributed by atoms with E-state index in [-0.39, 0.29) is 29.7 Å². The summed E-state index contributed by atoms with van der Waals surface area (Å²) in [5.41, 5.74) is 1.32. The van der Waals surface area contributed by atoms with Gasteiger partial charge in [-0.3, -0.25) is 19.3 Å². The van der Waals surface area contributed by atoms with E-state index in [1.165, 1.54) is 37.7 Å². The summed E-state index contributed by atoms with van der Waals surface area (Å²) in [7, 11) is 0. The van der Waals surface area contributed by atoms with Crippen molar-refractivity contribution in [2.75, 3.05) is 36.2 Å². The fraction of sp³-hybridized carbons (Fsp3) is 0.719. The minimum absolute atomic E-state index is 0.0573. The van der Waals surface area contributed by atoms with E-state index in [0.717, 1.165) is 63.9 Å². The van der Waals surface area contributed by atoms with Crippen molar-refractivity contribution < 1.29 is 14.4 Å². The van der Waals surface area contributed by atoms with Gasteiger partial charge in [0, 0.05) is 43.1 Å². The molecule has 2 atom stereocenters. The number of piperidine rings is 1. The number of nitrogens with one attached hydrogen (secondary N) is 2. The van der Waals surface area contributed by atoms with Gasteiger partial charge in [0.15, 0.2) is 0 Å². The van der Waals surface area contributed by atoms with Gasteiger partial charge in [0.25, 0.3) is 0 Å². The Morgan fingerprint density at radius 3 is 2.37 bits per heavy atom. The Kier molecular flexibility index (Phi) is 11.7. The van der Waals surface area contributed by atoms with Crippen LogP contribution in [0.25, 0.3) is 0 Å². The molecule has 0 unspecified atom stereocenters. The zero-order valence-corrected chi connectivity index (χ0v) is 26.1. The van der Waals surface area contributed by atoms with Gasteiger partial charge in [-0.25, -0.2) is 0 Å². The molecule has 2 saturated heterocycles. The molecular weight excluding hydrogens is 553 g/mol. The lowest BCUT2D eigenvalue weighted by atomic mass is 9.91. The number of nitrogens with zero attached hydrogens (tertiary/aromatic N) is 2. The SMILES string of the molecule is O=C(NC1CCN(Cc2ccccc2)CC1)[C@H](CSCC1CCCCC1)NC(=O)[C@@H]1CSCN1C(=O)C1CCCC1. The van der Waals surface area contributed by atoms with Crippen molar-refractivity contribution in [3.63, 3.8) is 0 Å². The molecule has 0 bridgehead atoms. The third-order valence-electron chi connectivity index (χ3n) is 9.35. The number of carbonyl (C=O) groups is 3. The van der Waals surface area contributed by atoms with Crippen molar-refractivity contribution in [1.29, 1.82) is 0 Å². The maximum absolute atomic E-state index is 13.6. The van der Waals surface area contributed by atoms with Crippen LogP contribution in [-0.4, -0.2) is 81.9 Å². The quantitative estimate of drug-likeness (QED) is 0.385. The molecule has 2 aliphatic heterocycles. The summed E-state index contributed by atoms with van der Waals surface area (Å²) in [5, 5.41) is 6.40. The molecule has 0 radical (unpaired) electrons. The highest BCUT2D eigenvalue weighted by atomic mass is 32.2. The second-order valence-corrected chi connectivity index (χ2v) is 14.5. The predicted octanol–water partition coefficient (Wildman–Crippen LogP) is 4.66. The summed E-state index contributed by atoms with van der Waals surface area (Å²) >= 11 is 3.44. The number of amides is 3. The van der Waals surface area contributed by atoms with Crippen LogP contribution in [0.15, 0.2) is 30.3 Å². The van der Waals surface area contributed by atoms with Crippen molar-refractivity contribution >= 4 is 41.2 Å². The average Bonchev–Trinajstić information content (AvgIpc) is 3.72. The monoisotopic (exact) mass is 600 g/mol. The lowest BCUT2D eigenvalue weighted by Crippen LogP contribution is -2.57. The van der Waals surface area contributed by atoms with E-state index in [9.17, 15) is 14.4 Å². The Balaban J connectivity index is 1.15. The van der Waals surface area contributed by atoms with Gasteiger partial charge in [0.1, 0.15) is 12.1 Å². The molecule has 5 rings (SSSR count). The first kappa shape index (κ1) is 30.7. The molecular formula is C32H48N4O3S2. The number of benzene rings is 1. The molecule has 41 heavy (non-hydrogen) atoms. The minimum atomic E-state index is -0.576. The Bertz CT molecular complexity index is 992. The lowest BCUT2D eigenvalue weighted by molar-refractivity contribution is -0.141. The van der Waals surface area contributed by atoms with E-state index in [1.807, 2.05) is 6.07 Å². The summed E-state index contributed by atoms with van der Waals surface area (Å²) in [6, 6.07) is 9.60. The molecule has 7 nitrogen and oxygen atoms in total. The average molecular weight is 601 g/mol. The van der Waals surface area contributed by atoms with E-state index >= 15 is 0 Å². The molecule has 226 valence electrons. The molecule has 2 saturated carbocycles. The van der Waals surface area contributed by atoms with Crippen LogP contribution in [0.5, 0.6) is 0 Å². The van der Waals surface area contributed by atoms with Crippen molar-refractivity contribution in [3.05, 3.63) is 35.9 Å².